The fraction of sp³-hybridized carbons (Fsp3) is 0.615. The normalized spacial score (nSPS) is 12.5. The van der Waals surface area contributed by atoms with Gasteiger partial charge in [0.15, 0.2) is 0 Å². The number of aryl methyl sites for hydroxylation is 1. The first kappa shape index (κ1) is 25.8. The van der Waals surface area contributed by atoms with Crippen LogP contribution in [0, 0.1) is 0 Å². The highest BCUT2D eigenvalue weighted by Crippen LogP contribution is 2.26. The first-order valence-electron chi connectivity index (χ1n) is 12.0. The van der Waals surface area contributed by atoms with Crippen LogP contribution in [-0.4, -0.2) is 35.3 Å². The van der Waals surface area contributed by atoms with Crippen LogP contribution in [0.1, 0.15) is 84.4 Å². The predicted octanol–water partition coefficient (Wildman–Crippen LogP) is 6.07. The number of carbonyl (C=O) groups is 2. The Morgan fingerprint density at radius 1 is 1.03 bits per heavy atom. The Morgan fingerprint density at radius 2 is 1.72 bits per heavy atom. The van der Waals surface area contributed by atoms with Gasteiger partial charge in [-0.1, -0.05) is 57.2 Å². The molecule has 1 aromatic carbocycles. The van der Waals surface area contributed by atoms with Gasteiger partial charge in [-0.3, -0.25) is 0 Å². The summed E-state index contributed by atoms with van der Waals surface area (Å²) >= 11 is 0. The molecule has 0 spiro atoms. The molecule has 2 aromatic rings. The van der Waals surface area contributed by atoms with Gasteiger partial charge in [0, 0.05) is 23.0 Å². The molecular weight excluding hydrogens is 404 g/mol. The number of alkyl carbamates (subject to hydrolysis) is 1. The van der Waals surface area contributed by atoms with Gasteiger partial charge in [-0.2, -0.15) is 0 Å². The molecule has 0 aliphatic heterocycles. The number of fused-ring (bicyclic) bond motifs is 1. The minimum Gasteiger partial charge on any atom is -0.464 e. The average molecular weight is 445 g/mol. The third kappa shape index (κ3) is 8.21. The zero-order chi connectivity index (χ0) is 23.6. The van der Waals surface area contributed by atoms with Crippen LogP contribution >= 0.6 is 0 Å². The van der Waals surface area contributed by atoms with Gasteiger partial charge in [0.2, 0.25) is 0 Å². The summed E-state index contributed by atoms with van der Waals surface area (Å²) in [6.07, 6.45) is 7.98. The molecule has 0 bridgehead atoms. The number of amides is 1. The van der Waals surface area contributed by atoms with Crippen molar-refractivity contribution < 1.29 is 19.1 Å². The highest BCUT2D eigenvalue weighted by Gasteiger charge is 2.27. The smallest absolute Gasteiger partial charge is 0.408 e. The lowest BCUT2D eigenvalue weighted by Crippen LogP contribution is -2.45. The van der Waals surface area contributed by atoms with Crippen LogP contribution in [0.4, 0.5) is 4.79 Å². The van der Waals surface area contributed by atoms with E-state index in [2.05, 4.69) is 23.3 Å². The number of carbonyl (C=O) groups excluding carboxylic acids is 2. The van der Waals surface area contributed by atoms with Crippen molar-refractivity contribution in [1.82, 2.24) is 10.3 Å². The third-order valence-corrected chi connectivity index (χ3v) is 5.35. The number of ether oxygens (including phenoxy) is 2. The second-order valence-corrected chi connectivity index (χ2v) is 9.30. The minimum absolute atomic E-state index is 0.254. The van der Waals surface area contributed by atoms with Crippen LogP contribution in [0.2, 0.25) is 0 Å². The molecule has 1 amide bonds. The number of hydrogen-bond acceptors (Lipinski definition) is 4. The van der Waals surface area contributed by atoms with Gasteiger partial charge in [-0.15, -0.1) is 0 Å². The van der Waals surface area contributed by atoms with E-state index in [-0.39, 0.29) is 6.61 Å². The quantitative estimate of drug-likeness (QED) is 0.307. The van der Waals surface area contributed by atoms with Crippen LogP contribution in [-0.2, 0) is 27.1 Å². The van der Waals surface area contributed by atoms with E-state index < -0.39 is 23.7 Å². The number of nitrogens with one attached hydrogen (secondary N) is 2. The monoisotopic (exact) mass is 444 g/mol. The fourth-order valence-electron chi connectivity index (χ4n) is 3.87. The summed E-state index contributed by atoms with van der Waals surface area (Å²) < 4.78 is 10.6. The van der Waals surface area contributed by atoms with E-state index in [9.17, 15) is 9.59 Å². The minimum atomic E-state index is -0.813. The Hall–Kier alpha value is -2.50. The topological polar surface area (TPSA) is 80.4 Å². The number of aromatic amines is 1. The molecule has 0 saturated heterocycles. The Labute approximate surface area is 192 Å². The Balaban J connectivity index is 2.20. The largest absolute Gasteiger partial charge is 0.464 e. The van der Waals surface area contributed by atoms with Crippen molar-refractivity contribution in [1.29, 1.82) is 0 Å². The molecule has 1 atom stereocenters. The molecule has 0 fully saturated rings. The maximum atomic E-state index is 12.7. The Morgan fingerprint density at radius 3 is 2.41 bits per heavy atom. The summed E-state index contributed by atoms with van der Waals surface area (Å²) in [5.74, 6) is -0.450. The van der Waals surface area contributed by atoms with E-state index in [1.807, 2.05) is 18.2 Å². The maximum Gasteiger partial charge on any atom is 0.408 e. The van der Waals surface area contributed by atoms with Crippen molar-refractivity contribution >= 4 is 23.0 Å². The first-order valence-corrected chi connectivity index (χ1v) is 12.0. The van der Waals surface area contributed by atoms with Crippen molar-refractivity contribution in [2.75, 3.05) is 6.61 Å². The lowest BCUT2D eigenvalue weighted by Gasteiger charge is -2.23. The Kier molecular flexibility index (Phi) is 10.1. The number of esters is 1. The molecule has 1 heterocycles. The molecule has 0 unspecified atom stereocenters. The number of rotatable bonds is 12. The number of hydrogen-bond donors (Lipinski definition) is 2. The molecule has 2 N–H and O–H groups in total. The number of H-pyrrole nitrogens is 1. The SMILES string of the molecule is CCCCCCCCc1[nH]c2ccccc2c1C[C@H](NC(=O)OC(C)(C)C)C(=O)OCC. The van der Waals surface area contributed by atoms with Gasteiger partial charge < -0.3 is 19.8 Å². The number of benzene rings is 1. The van der Waals surface area contributed by atoms with Gasteiger partial charge in [-0.05, 0) is 52.2 Å². The summed E-state index contributed by atoms with van der Waals surface area (Å²) in [4.78, 5) is 28.6. The van der Waals surface area contributed by atoms with Crippen molar-refractivity contribution in [2.24, 2.45) is 0 Å². The standard InChI is InChI=1S/C26H40N2O4/c1-6-8-9-10-11-12-16-22-20(19-15-13-14-17-21(19)27-22)18-23(24(29)31-7-2)28-25(30)32-26(3,4)5/h13-15,17,23,27H,6-12,16,18H2,1-5H3,(H,28,30)/t23-/m0/s1. The third-order valence-electron chi connectivity index (χ3n) is 5.35. The van der Waals surface area contributed by atoms with Crippen LogP contribution in [0.5, 0.6) is 0 Å². The zero-order valence-electron chi connectivity index (χ0n) is 20.4. The number of unbranched alkanes of at least 4 members (excludes halogenated alkanes) is 5. The fourth-order valence-corrected chi connectivity index (χ4v) is 3.87. The molecule has 32 heavy (non-hydrogen) atoms. The van der Waals surface area contributed by atoms with Crippen molar-refractivity contribution in [3.8, 4) is 0 Å². The summed E-state index contributed by atoms with van der Waals surface area (Å²) in [6.45, 7) is 9.63. The molecule has 0 saturated carbocycles. The number of aromatic nitrogens is 1. The predicted molar refractivity (Wildman–Crippen MR) is 129 cm³/mol. The van der Waals surface area contributed by atoms with Crippen LogP contribution in [0.25, 0.3) is 10.9 Å². The van der Waals surface area contributed by atoms with E-state index in [0.717, 1.165) is 35.0 Å². The van der Waals surface area contributed by atoms with E-state index >= 15 is 0 Å². The van der Waals surface area contributed by atoms with Gasteiger partial charge in [0.1, 0.15) is 11.6 Å². The van der Waals surface area contributed by atoms with Gasteiger partial charge in [0.05, 0.1) is 6.61 Å². The summed E-state index contributed by atoms with van der Waals surface area (Å²) in [5, 5.41) is 3.81. The summed E-state index contributed by atoms with van der Waals surface area (Å²) in [7, 11) is 0. The van der Waals surface area contributed by atoms with Crippen molar-refractivity contribution in [3.05, 3.63) is 35.5 Å². The molecule has 1 aromatic heterocycles. The average Bonchev–Trinajstić information content (AvgIpc) is 3.06. The van der Waals surface area contributed by atoms with Gasteiger partial charge >= 0.3 is 12.1 Å². The summed E-state index contributed by atoms with van der Waals surface area (Å²) in [6, 6.07) is 7.28. The van der Waals surface area contributed by atoms with Crippen LogP contribution in [0.15, 0.2) is 24.3 Å². The van der Waals surface area contributed by atoms with Crippen molar-refractivity contribution in [2.45, 2.75) is 97.6 Å². The lowest BCUT2D eigenvalue weighted by atomic mass is 9.99. The van der Waals surface area contributed by atoms with E-state index in [1.54, 1.807) is 27.7 Å². The molecule has 6 nitrogen and oxygen atoms in total. The lowest BCUT2D eigenvalue weighted by molar-refractivity contribution is -0.145. The van der Waals surface area contributed by atoms with E-state index in [1.165, 1.54) is 32.1 Å². The highest BCUT2D eigenvalue weighted by atomic mass is 16.6. The highest BCUT2D eigenvalue weighted by molar-refractivity contribution is 5.87. The molecule has 178 valence electrons. The van der Waals surface area contributed by atoms with Crippen molar-refractivity contribution in [3.63, 3.8) is 0 Å². The second-order valence-electron chi connectivity index (χ2n) is 9.30. The molecule has 0 aliphatic carbocycles. The molecule has 2 rings (SSSR count). The number of para-hydroxylation sites is 1. The zero-order valence-corrected chi connectivity index (χ0v) is 20.4. The van der Waals surface area contributed by atoms with Gasteiger partial charge in [-0.25, -0.2) is 9.59 Å². The Bertz CT molecular complexity index is 866. The van der Waals surface area contributed by atoms with Crippen LogP contribution in [0.3, 0.4) is 0 Å². The van der Waals surface area contributed by atoms with E-state index in [0.29, 0.717) is 6.42 Å². The second kappa shape index (κ2) is 12.5. The molecule has 6 heteroatoms. The van der Waals surface area contributed by atoms with Gasteiger partial charge in [0.25, 0.3) is 0 Å². The molecule has 0 aliphatic rings. The molecular formula is C26H40N2O4. The first-order chi connectivity index (χ1) is 15.2. The van der Waals surface area contributed by atoms with Crippen LogP contribution < -0.4 is 5.32 Å². The summed E-state index contributed by atoms with van der Waals surface area (Å²) in [5.41, 5.74) is 2.58. The molecule has 0 radical (unpaired) electrons. The van der Waals surface area contributed by atoms with E-state index in [4.69, 9.17) is 9.47 Å². The maximum absolute atomic E-state index is 12.7.